The largest absolute Gasteiger partial charge is 0.459 e. The molecule has 136 valence electrons. The highest BCUT2D eigenvalue weighted by Gasteiger charge is 2.14. The van der Waals surface area contributed by atoms with Gasteiger partial charge in [-0.15, -0.1) is 0 Å². The number of rotatable bonds is 13. The van der Waals surface area contributed by atoms with Gasteiger partial charge in [0.05, 0.1) is 5.56 Å². The summed E-state index contributed by atoms with van der Waals surface area (Å²) < 4.78 is 6.62. The summed E-state index contributed by atoms with van der Waals surface area (Å²) in [6.45, 7) is 4.35. The minimum Gasteiger partial charge on any atom is -0.459 e. The Morgan fingerprint density at radius 3 is 2.00 bits per heavy atom. The van der Waals surface area contributed by atoms with Gasteiger partial charge in [-0.25, -0.2) is 4.79 Å². The van der Waals surface area contributed by atoms with Crippen molar-refractivity contribution >= 4 is 21.9 Å². The molecule has 1 aromatic carbocycles. The second-order valence-corrected chi connectivity index (χ2v) is 7.48. The first-order valence-corrected chi connectivity index (χ1v) is 10.4. The zero-order valence-corrected chi connectivity index (χ0v) is 16.9. The monoisotopic (exact) mass is 396 g/mol. The van der Waals surface area contributed by atoms with E-state index in [1.54, 1.807) is 12.1 Å². The van der Waals surface area contributed by atoms with Crippen LogP contribution >= 0.6 is 15.9 Å². The van der Waals surface area contributed by atoms with E-state index in [0.717, 1.165) is 23.7 Å². The van der Waals surface area contributed by atoms with Crippen molar-refractivity contribution in [2.45, 2.75) is 90.6 Å². The molecule has 0 aliphatic carbocycles. The molecule has 24 heavy (non-hydrogen) atoms. The lowest BCUT2D eigenvalue weighted by atomic mass is 10.0. The minimum absolute atomic E-state index is 0.0469. The highest BCUT2D eigenvalue weighted by atomic mass is 79.9. The Bertz CT molecular complexity index is 442. The van der Waals surface area contributed by atoms with Crippen LogP contribution in [0.15, 0.2) is 28.7 Å². The molecule has 0 spiro atoms. The molecule has 0 saturated carbocycles. The third kappa shape index (κ3) is 9.46. The first-order chi connectivity index (χ1) is 11.7. The molecule has 0 radical (unpaired) electrons. The van der Waals surface area contributed by atoms with Gasteiger partial charge in [0.2, 0.25) is 0 Å². The Morgan fingerprint density at radius 2 is 1.46 bits per heavy atom. The fraction of sp³-hybridized carbons (Fsp3) is 0.667. The topological polar surface area (TPSA) is 26.3 Å². The lowest BCUT2D eigenvalue weighted by Gasteiger charge is -2.16. The summed E-state index contributed by atoms with van der Waals surface area (Å²) in [5, 5.41) is 0. The van der Waals surface area contributed by atoms with Crippen LogP contribution in [0.3, 0.4) is 0 Å². The number of halogens is 1. The Morgan fingerprint density at radius 1 is 0.917 bits per heavy atom. The van der Waals surface area contributed by atoms with Crippen molar-refractivity contribution in [3.63, 3.8) is 0 Å². The zero-order valence-electron chi connectivity index (χ0n) is 15.4. The summed E-state index contributed by atoms with van der Waals surface area (Å²) in [6.07, 6.45) is 13.8. The van der Waals surface area contributed by atoms with Gasteiger partial charge >= 0.3 is 5.97 Å². The van der Waals surface area contributed by atoms with E-state index in [-0.39, 0.29) is 12.1 Å². The highest BCUT2D eigenvalue weighted by Crippen LogP contribution is 2.16. The molecule has 0 fully saturated rings. The first-order valence-electron chi connectivity index (χ1n) is 9.64. The van der Waals surface area contributed by atoms with E-state index in [1.165, 1.54) is 51.4 Å². The molecule has 0 heterocycles. The second kappa shape index (κ2) is 13.5. The molecule has 3 heteroatoms. The van der Waals surface area contributed by atoms with Crippen LogP contribution in [0.5, 0.6) is 0 Å². The SMILES string of the molecule is CCCCCCCCCCCC(CC)OC(=O)c1ccc(Br)cc1. The van der Waals surface area contributed by atoms with Gasteiger partial charge in [-0.05, 0) is 43.5 Å². The molecule has 0 bridgehead atoms. The second-order valence-electron chi connectivity index (χ2n) is 6.56. The van der Waals surface area contributed by atoms with E-state index in [2.05, 4.69) is 29.8 Å². The number of benzene rings is 1. The third-order valence-corrected chi connectivity index (χ3v) is 4.97. The number of unbranched alkanes of at least 4 members (excludes halogenated alkanes) is 8. The van der Waals surface area contributed by atoms with Crippen molar-refractivity contribution in [1.29, 1.82) is 0 Å². The molecule has 1 atom stereocenters. The molecule has 1 rings (SSSR count). The molecule has 0 aliphatic rings. The molecule has 1 unspecified atom stereocenters. The van der Waals surface area contributed by atoms with Crippen LogP contribution in [0.1, 0.15) is 94.8 Å². The van der Waals surface area contributed by atoms with Crippen LogP contribution in [0.2, 0.25) is 0 Å². The summed E-state index contributed by atoms with van der Waals surface area (Å²) in [5.41, 5.74) is 0.628. The molecule has 2 nitrogen and oxygen atoms in total. The van der Waals surface area contributed by atoms with Crippen molar-refractivity contribution in [1.82, 2.24) is 0 Å². The standard InChI is InChI=1S/C21H33BrO2/c1-3-5-6-7-8-9-10-11-12-13-20(4-2)24-21(23)18-14-16-19(22)17-15-18/h14-17,20H,3-13H2,1-2H3. The Balaban J connectivity index is 2.14. The summed E-state index contributed by atoms with van der Waals surface area (Å²) in [5.74, 6) is -0.203. The van der Waals surface area contributed by atoms with Crippen LogP contribution in [-0.2, 0) is 4.74 Å². The lowest BCUT2D eigenvalue weighted by Crippen LogP contribution is -2.17. The smallest absolute Gasteiger partial charge is 0.338 e. The predicted molar refractivity (Wildman–Crippen MR) is 105 cm³/mol. The fourth-order valence-corrected chi connectivity index (χ4v) is 3.10. The van der Waals surface area contributed by atoms with Gasteiger partial charge in [0.25, 0.3) is 0 Å². The number of esters is 1. The van der Waals surface area contributed by atoms with E-state index in [9.17, 15) is 4.79 Å². The molecular formula is C21H33BrO2. The molecule has 1 aromatic rings. The lowest BCUT2D eigenvalue weighted by molar-refractivity contribution is 0.0267. The Labute approximate surface area is 156 Å². The molecular weight excluding hydrogens is 364 g/mol. The number of hydrogen-bond donors (Lipinski definition) is 0. The first kappa shape index (κ1) is 21.2. The van der Waals surface area contributed by atoms with E-state index in [4.69, 9.17) is 4.74 Å². The van der Waals surface area contributed by atoms with Gasteiger partial charge in [-0.2, -0.15) is 0 Å². The molecule has 0 aromatic heterocycles. The quantitative estimate of drug-likeness (QED) is 0.258. The van der Waals surface area contributed by atoms with Crippen molar-refractivity contribution in [2.24, 2.45) is 0 Å². The predicted octanol–water partition coefficient (Wildman–Crippen LogP) is 7.31. The fourth-order valence-electron chi connectivity index (χ4n) is 2.83. The number of carbonyl (C=O) groups is 1. The van der Waals surface area contributed by atoms with E-state index in [1.807, 2.05) is 12.1 Å². The molecule has 0 N–H and O–H groups in total. The van der Waals surface area contributed by atoms with Crippen molar-refractivity contribution < 1.29 is 9.53 Å². The minimum atomic E-state index is -0.203. The van der Waals surface area contributed by atoms with Crippen LogP contribution < -0.4 is 0 Å². The van der Waals surface area contributed by atoms with Gasteiger partial charge in [-0.1, -0.05) is 81.1 Å². The number of hydrogen-bond acceptors (Lipinski definition) is 2. The van der Waals surface area contributed by atoms with E-state index < -0.39 is 0 Å². The van der Waals surface area contributed by atoms with Crippen molar-refractivity contribution in [3.8, 4) is 0 Å². The Hall–Kier alpha value is -0.830. The number of carbonyl (C=O) groups excluding carboxylic acids is 1. The van der Waals surface area contributed by atoms with Gasteiger partial charge in [0.1, 0.15) is 6.10 Å². The van der Waals surface area contributed by atoms with Crippen LogP contribution in [0, 0.1) is 0 Å². The van der Waals surface area contributed by atoms with Gasteiger partial charge in [0, 0.05) is 4.47 Å². The van der Waals surface area contributed by atoms with Crippen LogP contribution in [0.4, 0.5) is 0 Å². The average Bonchev–Trinajstić information content (AvgIpc) is 2.59. The summed E-state index contributed by atoms with van der Waals surface area (Å²) >= 11 is 3.38. The van der Waals surface area contributed by atoms with Crippen LogP contribution in [0.25, 0.3) is 0 Å². The average molecular weight is 397 g/mol. The number of ether oxygens (including phenoxy) is 1. The maximum Gasteiger partial charge on any atom is 0.338 e. The van der Waals surface area contributed by atoms with Gasteiger partial charge in [0.15, 0.2) is 0 Å². The van der Waals surface area contributed by atoms with Crippen LogP contribution in [-0.4, -0.2) is 12.1 Å². The zero-order chi connectivity index (χ0) is 17.6. The summed E-state index contributed by atoms with van der Waals surface area (Å²) in [6, 6.07) is 7.35. The van der Waals surface area contributed by atoms with E-state index in [0.29, 0.717) is 5.56 Å². The molecule has 0 saturated heterocycles. The molecule has 0 aliphatic heterocycles. The highest BCUT2D eigenvalue weighted by molar-refractivity contribution is 9.10. The Kier molecular flexibility index (Phi) is 11.9. The summed E-state index contributed by atoms with van der Waals surface area (Å²) in [4.78, 5) is 12.1. The van der Waals surface area contributed by atoms with Crippen molar-refractivity contribution in [2.75, 3.05) is 0 Å². The van der Waals surface area contributed by atoms with Gasteiger partial charge < -0.3 is 4.74 Å². The normalized spacial score (nSPS) is 12.1. The van der Waals surface area contributed by atoms with Gasteiger partial charge in [-0.3, -0.25) is 0 Å². The third-order valence-electron chi connectivity index (χ3n) is 4.44. The summed E-state index contributed by atoms with van der Waals surface area (Å²) in [7, 11) is 0. The maximum atomic E-state index is 12.1. The van der Waals surface area contributed by atoms with Crippen molar-refractivity contribution in [3.05, 3.63) is 34.3 Å². The maximum absolute atomic E-state index is 12.1. The van der Waals surface area contributed by atoms with E-state index >= 15 is 0 Å². The molecule has 0 amide bonds.